The average Bonchev–Trinajstić information content (AvgIpc) is 1.90. The van der Waals surface area contributed by atoms with E-state index in [1.807, 2.05) is 18.2 Å². The van der Waals surface area contributed by atoms with Gasteiger partial charge in [-0.2, -0.15) is 0 Å². The summed E-state index contributed by atoms with van der Waals surface area (Å²) >= 11 is 0. The molecule has 1 aromatic carbocycles. The minimum atomic E-state index is 0. The molecule has 0 spiro atoms. The zero-order chi connectivity index (χ0) is 6.69. The number of hydrogen-bond donors (Lipinski definition) is 1. The minimum absolute atomic E-state index is 0. The van der Waals surface area contributed by atoms with Gasteiger partial charge in [0.2, 0.25) is 0 Å². The Bertz CT molecular complexity index is 172. The van der Waals surface area contributed by atoms with E-state index in [0.717, 1.165) is 0 Å². The molecule has 0 amide bonds. The van der Waals surface area contributed by atoms with E-state index in [0.29, 0.717) is 6.04 Å². The van der Waals surface area contributed by atoms with Gasteiger partial charge in [-0.1, -0.05) is 30.3 Å². The van der Waals surface area contributed by atoms with E-state index >= 15 is 0 Å². The van der Waals surface area contributed by atoms with Crippen LogP contribution >= 0.6 is 0 Å². The molecule has 0 unspecified atom stereocenters. The zero-order valence-corrected chi connectivity index (χ0v) is 9.09. The van der Waals surface area contributed by atoms with Crippen LogP contribution in [0.5, 0.6) is 0 Å². The van der Waals surface area contributed by atoms with E-state index in [9.17, 15) is 0 Å². The molecule has 1 nitrogen and oxygen atoms in total. The van der Waals surface area contributed by atoms with Crippen molar-refractivity contribution < 1.29 is 38.4 Å². The summed E-state index contributed by atoms with van der Waals surface area (Å²) in [5.74, 6) is 0. The smallest absolute Gasteiger partial charge is 0.107 e. The zero-order valence-electron chi connectivity index (χ0n) is 6.25. The van der Waals surface area contributed by atoms with Crippen LogP contribution < -0.4 is 5.73 Å². The van der Waals surface area contributed by atoms with Crippen LogP contribution in [0.25, 0.3) is 0 Å². The standard InChI is InChI=1S/C8H11N.Y/c1-7(9)8-5-3-2-4-6-8;/h2-7H,9H2,1H3;/p+1/t7-;/m0./s1. The van der Waals surface area contributed by atoms with E-state index in [-0.39, 0.29) is 32.7 Å². The Morgan fingerprint density at radius 3 is 2.00 bits per heavy atom. The van der Waals surface area contributed by atoms with Gasteiger partial charge in [0.15, 0.2) is 0 Å². The number of hydrogen-bond acceptors (Lipinski definition) is 0. The van der Waals surface area contributed by atoms with Crippen molar-refractivity contribution in [2.24, 2.45) is 0 Å². The summed E-state index contributed by atoms with van der Waals surface area (Å²) in [4.78, 5) is 0. The molecular weight excluding hydrogens is 199 g/mol. The molecule has 0 saturated heterocycles. The minimum Gasteiger partial charge on any atom is -0.352 e. The summed E-state index contributed by atoms with van der Waals surface area (Å²) in [5, 5.41) is 0. The second kappa shape index (κ2) is 5.00. The van der Waals surface area contributed by atoms with Crippen molar-refractivity contribution in [1.29, 1.82) is 0 Å². The van der Waals surface area contributed by atoms with Crippen LogP contribution in [-0.2, 0) is 32.7 Å². The van der Waals surface area contributed by atoms with Crippen molar-refractivity contribution in [2.75, 3.05) is 0 Å². The van der Waals surface area contributed by atoms with E-state index < -0.39 is 0 Å². The predicted molar refractivity (Wildman–Crippen MR) is 37.7 cm³/mol. The van der Waals surface area contributed by atoms with Gasteiger partial charge in [-0.05, 0) is 6.92 Å². The quantitative estimate of drug-likeness (QED) is 0.717. The SMILES string of the molecule is C[C@H]([NH3+])c1ccccc1.[Y]. The van der Waals surface area contributed by atoms with Gasteiger partial charge in [0.25, 0.3) is 0 Å². The van der Waals surface area contributed by atoms with Crippen LogP contribution in [0, 0.1) is 0 Å². The molecule has 0 aromatic heterocycles. The van der Waals surface area contributed by atoms with Crippen molar-refractivity contribution in [2.45, 2.75) is 13.0 Å². The molecule has 0 bridgehead atoms. The summed E-state index contributed by atoms with van der Waals surface area (Å²) in [7, 11) is 0. The third-order valence-corrected chi connectivity index (χ3v) is 1.37. The summed E-state index contributed by atoms with van der Waals surface area (Å²) in [6, 6.07) is 10.7. The van der Waals surface area contributed by atoms with E-state index in [1.165, 1.54) is 5.56 Å². The Kier molecular flexibility index (Phi) is 5.15. The van der Waals surface area contributed by atoms with Crippen LogP contribution in [-0.4, -0.2) is 0 Å². The van der Waals surface area contributed by atoms with Gasteiger partial charge in [-0.25, -0.2) is 0 Å². The number of benzene rings is 1. The summed E-state index contributed by atoms with van der Waals surface area (Å²) in [6.45, 7) is 2.09. The maximum Gasteiger partial charge on any atom is 0.107 e. The molecule has 1 rings (SSSR count). The molecule has 0 aliphatic carbocycles. The first-order valence-electron chi connectivity index (χ1n) is 3.18. The molecule has 1 atom stereocenters. The van der Waals surface area contributed by atoms with Crippen molar-refractivity contribution in [3.63, 3.8) is 0 Å². The molecule has 2 heteroatoms. The Hall–Kier alpha value is 0.284. The van der Waals surface area contributed by atoms with Crippen LogP contribution in [0.2, 0.25) is 0 Å². The van der Waals surface area contributed by atoms with E-state index in [2.05, 4.69) is 24.8 Å². The van der Waals surface area contributed by atoms with Gasteiger partial charge in [0.05, 0.1) is 0 Å². The normalized spacial score (nSPS) is 11.8. The molecule has 0 heterocycles. The van der Waals surface area contributed by atoms with Gasteiger partial charge in [0, 0.05) is 38.3 Å². The molecule has 1 aromatic rings. The second-order valence-corrected chi connectivity index (χ2v) is 2.31. The fourth-order valence-electron chi connectivity index (χ4n) is 0.782. The monoisotopic (exact) mass is 211 g/mol. The summed E-state index contributed by atoms with van der Waals surface area (Å²) in [5.41, 5.74) is 5.21. The predicted octanol–water partition coefficient (Wildman–Crippen LogP) is 0.987. The largest absolute Gasteiger partial charge is 0.352 e. The Morgan fingerprint density at radius 1 is 1.20 bits per heavy atom. The number of rotatable bonds is 1. The molecule has 0 fully saturated rings. The van der Waals surface area contributed by atoms with Crippen molar-refractivity contribution in [3.05, 3.63) is 35.9 Å². The van der Waals surface area contributed by atoms with Crippen LogP contribution in [0.15, 0.2) is 30.3 Å². The molecule has 10 heavy (non-hydrogen) atoms. The molecule has 0 aliphatic heterocycles. The first-order valence-corrected chi connectivity index (χ1v) is 3.18. The van der Waals surface area contributed by atoms with Crippen molar-refractivity contribution >= 4 is 0 Å². The van der Waals surface area contributed by atoms with Gasteiger partial charge >= 0.3 is 0 Å². The van der Waals surface area contributed by atoms with Gasteiger partial charge in [-0.15, -0.1) is 0 Å². The van der Waals surface area contributed by atoms with Crippen molar-refractivity contribution in [3.8, 4) is 0 Å². The molecule has 0 aliphatic rings. The molecule has 3 N–H and O–H groups in total. The van der Waals surface area contributed by atoms with Gasteiger partial charge in [-0.3, -0.25) is 0 Å². The van der Waals surface area contributed by atoms with Gasteiger partial charge < -0.3 is 5.73 Å². The first-order chi connectivity index (χ1) is 4.30. The molecular formula is C8H12NY+. The second-order valence-electron chi connectivity index (χ2n) is 2.31. The fraction of sp³-hybridized carbons (Fsp3) is 0.250. The summed E-state index contributed by atoms with van der Waals surface area (Å²) < 4.78 is 0. The Labute approximate surface area is 86.9 Å². The van der Waals surface area contributed by atoms with Crippen LogP contribution in [0.1, 0.15) is 18.5 Å². The van der Waals surface area contributed by atoms with Crippen LogP contribution in [0.4, 0.5) is 0 Å². The first kappa shape index (κ1) is 10.3. The topological polar surface area (TPSA) is 27.6 Å². The molecule has 0 saturated carbocycles. The third kappa shape index (κ3) is 2.91. The fourth-order valence-corrected chi connectivity index (χ4v) is 0.782. The Balaban J connectivity index is 0.000000810. The van der Waals surface area contributed by atoms with Crippen molar-refractivity contribution in [1.82, 2.24) is 0 Å². The van der Waals surface area contributed by atoms with Crippen LogP contribution in [0.3, 0.4) is 0 Å². The van der Waals surface area contributed by atoms with Gasteiger partial charge in [0.1, 0.15) is 6.04 Å². The molecule has 51 valence electrons. The summed E-state index contributed by atoms with van der Waals surface area (Å²) in [6.07, 6.45) is 0. The maximum absolute atomic E-state index is 3.91. The van der Waals surface area contributed by atoms with E-state index in [4.69, 9.17) is 0 Å². The average molecular weight is 211 g/mol. The molecule has 1 radical (unpaired) electrons. The third-order valence-electron chi connectivity index (χ3n) is 1.37. The number of quaternary nitrogens is 1. The van der Waals surface area contributed by atoms with E-state index in [1.54, 1.807) is 0 Å². The maximum atomic E-state index is 3.91. The Morgan fingerprint density at radius 2 is 1.70 bits per heavy atom.